The largest absolute Gasteiger partial charge is 0.466 e. The third-order valence-electron chi connectivity index (χ3n) is 5.86. The van der Waals surface area contributed by atoms with Gasteiger partial charge in [-0.2, -0.15) is 18.3 Å². The molecule has 2 rings (SSSR count). The van der Waals surface area contributed by atoms with Gasteiger partial charge in [-0.05, 0) is 62.6 Å². The summed E-state index contributed by atoms with van der Waals surface area (Å²) in [4.78, 5) is 28.5. The van der Waals surface area contributed by atoms with Crippen LogP contribution in [-0.2, 0) is 20.5 Å². The van der Waals surface area contributed by atoms with E-state index in [1.54, 1.807) is 13.8 Å². The van der Waals surface area contributed by atoms with Crippen molar-refractivity contribution < 1.29 is 27.5 Å². The predicted octanol–water partition coefficient (Wildman–Crippen LogP) is 5.19. The molecule has 1 amide bonds. The maximum Gasteiger partial charge on any atom is 0.419 e. The number of alkyl halides is 3. The number of aryl methyl sites for hydroxylation is 2. The number of nitrogens with one attached hydrogen (secondary N) is 2. The van der Waals surface area contributed by atoms with E-state index in [0.717, 1.165) is 29.1 Å². The third kappa shape index (κ3) is 9.29. The number of nitrogens with zero attached hydrogens (tertiary/aromatic N) is 3. The van der Waals surface area contributed by atoms with E-state index in [4.69, 9.17) is 16.2 Å². The maximum atomic E-state index is 13.1. The highest BCUT2D eigenvalue weighted by atomic mass is 19.4. The smallest absolute Gasteiger partial charge is 0.419 e. The molecule has 0 bridgehead atoms. The Morgan fingerprint density at radius 2 is 1.90 bits per heavy atom. The number of benzene rings is 1. The summed E-state index contributed by atoms with van der Waals surface area (Å²) >= 11 is 0. The molecule has 2 aromatic rings. The molecule has 1 aromatic heterocycles. The van der Waals surface area contributed by atoms with Gasteiger partial charge in [0.25, 0.3) is 0 Å². The molecule has 216 valence electrons. The second kappa shape index (κ2) is 14.4. The lowest BCUT2D eigenvalue weighted by atomic mass is 9.94. The molecule has 1 heterocycles. The van der Waals surface area contributed by atoms with Crippen molar-refractivity contribution in [3.63, 3.8) is 0 Å². The number of amides is 1. The van der Waals surface area contributed by atoms with E-state index in [-0.39, 0.29) is 43.3 Å². The monoisotopic (exact) mass is 559 g/mol. The highest BCUT2D eigenvalue weighted by molar-refractivity contribution is 6.00. The van der Waals surface area contributed by atoms with Crippen molar-refractivity contribution in [2.24, 2.45) is 10.9 Å². The first kappa shape index (κ1) is 32.1. The van der Waals surface area contributed by atoms with Crippen LogP contribution in [0.25, 0.3) is 5.69 Å². The Bertz CT molecular complexity index is 1280. The normalized spacial score (nSPS) is 13.1. The van der Waals surface area contributed by atoms with Crippen LogP contribution < -0.4 is 10.6 Å². The summed E-state index contributed by atoms with van der Waals surface area (Å²) in [5, 5.41) is 9.46. The van der Waals surface area contributed by atoms with E-state index in [0.29, 0.717) is 17.7 Å². The Morgan fingerprint density at radius 3 is 2.42 bits per heavy atom. The van der Waals surface area contributed by atoms with E-state index in [9.17, 15) is 22.8 Å². The van der Waals surface area contributed by atoms with E-state index >= 15 is 0 Å². The highest BCUT2D eigenvalue weighted by Crippen LogP contribution is 2.32. The summed E-state index contributed by atoms with van der Waals surface area (Å²) < 4.78 is 45.4. The summed E-state index contributed by atoms with van der Waals surface area (Å²) in [6.45, 7) is 11.4. The molecule has 0 spiro atoms. The van der Waals surface area contributed by atoms with Crippen molar-refractivity contribution in [1.29, 1.82) is 0 Å². The fraction of sp³-hybridized carbons (Fsp3) is 0.448. The molecule has 0 unspecified atom stereocenters. The van der Waals surface area contributed by atoms with Crippen molar-refractivity contribution in [3.8, 4) is 18.0 Å². The predicted molar refractivity (Wildman–Crippen MR) is 148 cm³/mol. The van der Waals surface area contributed by atoms with Crippen molar-refractivity contribution in [1.82, 2.24) is 20.4 Å². The number of esters is 1. The minimum absolute atomic E-state index is 0.0652. The average Bonchev–Trinajstić information content (AvgIpc) is 3.35. The Kier molecular flexibility index (Phi) is 11.5. The lowest BCUT2D eigenvalue weighted by molar-refractivity contribution is -0.143. The first-order chi connectivity index (χ1) is 18.8. The molecule has 40 heavy (non-hydrogen) atoms. The second-order valence-corrected chi connectivity index (χ2v) is 9.72. The molecule has 0 fully saturated rings. The number of aromatic nitrogens is 2. The first-order valence-electron chi connectivity index (χ1n) is 12.9. The first-order valence-corrected chi connectivity index (χ1v) is 12.9. The van der Waals surface area contributed by atoms with Gasteiger partial charge in [-0.15, -0.1) is 6.42 Å². The van der Waals surface area contributed by atoms with Crippen LogP contribution in [0.2, 0.25) is 0 Å². The van der Waals surface area contributed by atoms with E-state index in [2.05, 4.69) is 21.7 Å². The zero-order chi connectivity index (χ0) is 30.0. The highest BCUT2D eigenvalue weighted by Gasteiger charge is 2.32. The van der Waals surface area contributed by atoms with Gasteiger partial charge in [0.05, 0.1) is 36.5 Å². The number of aliphatic imine (C=N–C) groups is 1. The second-order valence-electron chi connectivity index (χ2n) is 9.72. The van der Waals surface area contributed by atoms with Crippen LogP contribution >= 0.6 is 0 Å². The van der Waals surface area contributed by atoms with Gasteiger partial charge in [0.1, 0.15) is 0 Å². The summed E-state index contributed by atoms with van der Waals surface area (Å²) in [6.07, 6.45) is 5.17. The fourth-order valence-electron chi connectivity index (χ4n) is 4.01. The minimum atomic E-state index is -4.48. The zero-order valence-corrected chi connectivity index (χ0v) is 23.6. The Morgan fingerprint density at radius 1 is 1.25 bits per heavy atom. The zero-order valence-electron chi connectivity index (χ0n) is 23.6. The van der Waals surface area contributed by atoms with Crippen LogP contribution in [-0.4, -0.2) is 40.6 Å². The number of carbonyl (C=O) groups is 2. The molecule has 0 saturated carbocycles. The molecule has 0 aliphatic heterocycles. The van der Waals surface area contributed by atoms with Gasteiger partial charge in [0.15, 0.2) is 5.84 Å². The van der Waals surface area contributed by atoms with Gasteiger partial charge in [0.2, 0.25) is 5.91 Å². The van der Waals surface area contributed by atoms with Crippen LogP contribution in [0.15, 0.2) is 41.3 Å². The quantitative estimate of drug-likeness (QED) is 0.130. The Balaban J connectivity index is 2.27. The van der Waals surface area contributed by atoms with Gasteiger partial charge in [-0.1, -0.05) is 26.0 Å². The van der Waals surface area contributed by atoms with Crippen LogP contribution in [0, 0.1) is 32.1 Å². The van der Waals surface area contributed by atoms with E-state index < -0.39 is 17.7 Å². The van der Waals surface area contributed by atoms with Crippen LogP contribution in [0.5, 0.6) is 0 Å². The Labute approximate surface area is 233 Å². The van der Waals surface area contributed by atoms with Gasteiger partial charge >= 0.3 is 12.1 Å². The third-order valence-corrected chi connectivity index (χ3v) is 5.86. The summed E-state index contributed by atoms with van der Waals surface area (Å²) in [6, 6.07) is 3.40. The number of rotatable bonds is 11. The minimum Gasteiger partial charge on any atom is -0.466 e. The number of carbonyl (C=O) groups excluding carboxylic acids is 2. The van der Waals surface area contributed by atoms with Crippen LogP contribution in [0.3, 0.4) is 0 Å². The molecule has 0 radical (unpaired) electrons. The molecule has 11 heteroatoms. The molecule has 1 atom stereocenters. The van der Waals surface area contributed by atoms with Crippen LogP contribution in [0.1, 0.15) is 68.8 Å². The fourth-order valence-corrected chi connectivity index (χ4v) is 4.01. The van der Waals surface area contributed by atoms with Gasteiger partial charge < -0.3 is 15.4 Å². The standard InChI is InChI=1S/C29H36F3N5O3/c1-8-25(34-15-21(7)28(39)33-11-10-26(38)40-9-2)36-24(12-18(3)4)22-13-19(5)27(20(6)14-22)37-17-23(16-35-37)29(30,31)32/h1,13-18,24H,9-12H2,2-7H3,(H,33,39)(H,34,36)/b21-15+/t24-/m0/s1. The van der Waals surface area contributed by atoms with Crippen molar-refractivity contribution in [2.75, 3.05) is 13.2 Å². The molecule has 1 aromatic carbocycles. The van der Waals surface area contributed by atoms with Gasteiger partial charge in [-0.3, -0.25) is 14.6 Å². The SMILES string of the molecule is C#CC(=N[C@@H](CC(C)C)c1cc(C)c(-n2cc(C(F)(F)F)cn2)c(C)c1)N/C=C(\C)C(=O)NCCC(=O)OCC. The molecule has 2 N–H and O–H groups in total. The van der Waals surface area contributed by atoms with Crippen molar-refractivity contribution >= 4 is 17.7 Å². The summed E-state index contributed by atoms with van der Waals surface area (Å²) in [5.74, 6) is 2.21. The Hall–Kier alpha value is -4.07. The lowest BCUT2D eigenvalue weighted by Crippen LogP contribution is -2.28. The summed E-state index contributed by atoms with van der Waals surface area (Å²) in [5.41, 5.74) is 2.40. The molecule has 0 aliphatic carbocycles. The van der Waals surface area contributed by atoms with Crippen LogP contribution in [0.4, 0.5) is 13.2 Å². The number of terminal acetylenes is 1. The molecular weight excluding hydrogens is 523 g/mol. The van der Waals surface area contributed by atoms with Crippen molar-refractivity contribution in [3.05, 3.63) is 58.6 Å². The number of ether oxygens (including phenoxy) is 1. The van der Waals surface area contributed by atoms with Crippen molar-refractivity contribution in [2.45, 2.75) is 66.6 Å². The topological polar surface area (TPSA) is 97.6 Å². The number of halogens is 3. The van der Waals surface area contributed by atoms with E-state index in [1.807, 2.05) is 39.8 Å². The lowest BCUT2D eigenvalue weighted by Gasteiger charge is -2.20. The summed E-state index contributed by atoms with van der Waals surface area (Å²) in [7, 11) is 0. The van der Waals surface area contributed by atoms with Gasteiger partial charge in [-0.25, -0.2) is 4.68 Å². The molecule has 0 saturated heterocycles. The van der Waals surface area contributed by atoms with Gasteiger partial charge in [0, 0.05) is 24.5 Å². The molecule has 8 nitrogen and oxygen atoms in total. The molecular formula is C29H36F3N5O3. The number of hydrogen-bond donors (Lipinski definition) is 2. The number of amidine groups is 1. The maximum absolute atomic E-state index is 13.1. The number of hydrogen-bond acceptors (Lipinski definition) is 5. The average molecular weight is 560 g/mol. The van der Waals surface area contributed by atoms with E-state index in [1.165, 1.54) is 10.9 Å². The molecule has 0 aliphatic rings.